The lowest BCUT2D eigenvalue weighted by Gasteiger charge is -2.33. The van der Waals surface area contributed by atoms with Crippen molar-refractivity contribution in [3.8, 4) is 0 Å². The summed E-state index contributed by atoms with van der Waals surface area (Å²) in [6.45, 7) is 0. The quantitative estimate of drug-likeness (QED) is 0.810. The fraction of sp³-hybridized carbons (Fsp3) is 0.400. The standard InChI is InChI=1S/C15H16N2O2S/c18-20(19)12-3-1-4-13(20)10-11(9-12)14-5-2-6-15-16-7-8-17(14)15/h2,5-9,12-13H,1,3-4,10H2. The maximum Gasteiger partial charge on any atom is 0.159 e. The molecule has 0 N–H and O–H groups in total. The molecule has 1 saturated heterocycles. The first-order chi connectivity index (χ1) is 9.66. The van der Waals surface area contributed by atoms with Crippen LogP contribution in [0.15, 0.2) is 36.7 Å². The number of hydrogen-bond donors (Lipinski definition) is 0. The lowest BCUT2D eigenvalue weighted by molar-refractivity contribution is 0.517. The third kappa shape index (κ3) is 1.66. The van der Waals surface area contributed by atoms with Gasteiger partial charge in [0, 0.05) is 18.1 Å². The van der Waals surface area contributed by atoms with Crippen molar-refractivity contribution in [3.63, 3.8) is 0 Å². The Balaban J connectivity index is 1.88. The van der Waals surface area contributed by atoms with Crippen LogP contribution < -0.4 is 0 Å². The van der Waals surface area contributed by atoms with E-state index in [0.717, 1.165) is 36.2 Å². The molecule has 2 aliphatic rings. The van der Waals surface area contributed by atoms with E-state index < -0.39 is 9.84 Å². The maximum atomic E-state index is 12.3. The summed E-state index contributed by atoms with van der Waals surface area (Å²) >= 11 is 0. The Bertz CT molecular complexity index is 804. The molecule has 5 heteroatoms. The Labute approximate surface area is 118 Å². The van der Waals surface area contributed by atoms with Crippen molar-refractivity contribution in [1.29, 1.82) is 0 Å². The maximum absolute atomic E-state index is 12.3. The summed E-state index contributed by atoms with van der Waals surface area (Å²) in [5.74, 6) is 0. The van der Waals surface area contributed by atoms with Crippen molar-refractivity contribution in [2.24, 2.45) is 0 Å². The highest BCUT2D eigenvalue weighted by molar-refractivity contribution is 7.93. The number of allylic oxidation sites excluding steroid dienone is 1. The summed E-state index contributed by atoms with van der Waals surface area (Å²) in [7, 11) is -2.95. The van der Waals surface area contributed by atoms with E-state index in [0.29, 0.717) is 6.42 Å². The Hall–Kier alpha value is -1.62. The van der Waals surface area contributed by atoms with Crippen molar-refractivity contribution in [2.45, 2.75) is 36.2 Å². The fourth-order valence-electron chi connectivity index (χ4n) is 3.46. The van der Waals surface area contributed by atoms with Gasteiger partial charge in [0.25, 0.3) is 0 Å². The average Bonchev–Trinajstić information content (AvgIpc) is 2.85. The van der Waals surface area contributed by atoms with Crippen molar-refractivity contribution < 1.29 is 8.42 Å². The van der Waals surface area contributed by atoms with Crippen LogP contribution in [-0.2, 0) is 9.84 Å². The van der Waals surface area contributed by atoms with Crippen LogP contribution in [0.2, 0.25) is 0 Å². The summed E-state index contributed by atoms with van der Waals surface area (Å²) in [5.41, 5.74) is 3.13. The lowest BCUT2D eigenvalue weighted by atomic mass is 9.96. The van der Waals surface area contributed by atoms with Crippen LogP contribution in [0, 0.1) is 0 Å². The second kappa shape index (κ2) is 4.19. The van der Waals surface area contributed by atoms with Gasteiger partial charge in [-0.2, -0.15) is 0 Å². The van der Waals surface area contributed by atoms with Crippen molar-refractivity contribution in [2.75, 3.05) is 0 Å². The largest absolute Gasteiger partial charge is 0.300 e. The Kier molecular flexibility index (Phi) is 2.54. The van der Waals surface area contributed by atoms with Crippen LogP contribution in [0.4, 0.5) is 0 Å². The minimum Gasteiger partial charge on any atom is -0.300 e. The first-order valence-corrected chi connectivity index (χ1v) is 8.63. The lowest BCUT2D eigenvalue weighted by Crippen LogP contribution is -2.38. The molecule has 2 aliphatic heterocycles. The number of pyridine rings is 1. The number of sulfone groups is 1. The van der Waals surface area contributed by atoms with E-state index in [1.54, 1.807) is 6.20 Å². The van der Waals surface area contributed by atoms with Crippen LogP contribution in [0.1, 0.15) is 31.4 Å². The van der Waals surface area contributed by atoms with Crippen molar-refractivity contribution >= 4 is 21.1 Å². The molecule has 2 aromatic rings. The van der Waals surface area contributed by atoms with Crippen LogP contribution in [0.3, 0.4) is 0 Å². The second-order valence-electron chi connectivity index (χ2n) is 5.64. The predicted octanol–water partition coefficient (Wildman–Crippen LogP) is 2.46. The normalized spacial score (nSPS) is 28.3. The van der Waals surface area contributed by atoms with Gasteiger partial charge in [0.15, 0.2) is 9.84 Å². The predicted molar refractivity (Wildman–Crippen MR) is 78.1 cm³/mol. The SMILES string of the molecule is O=S1(=O)C2C=C(c3cccc4nccn34)CC1CCC2. The van der Waals surface area contributed by atoms with Gasteiger partial charge in [0.1, 0.15) is 5.65 Å². The molecule has 0 radical (unpaired) electrons. The number of nitrogens with zero attached hydrogens (tertiary/aromatic N) is 2. The first kappa shape index (κ1) is 12.1. The Morgan fingerprint density at radius 1 is 1.25 bits per heavy atom. The first-order valence-electron chi connectivity index (χ1n) is 7.02. The summed E-state index contributed by atoms with van der Waals surface area (Å²) < 4.78 is 26.7. The van der Waals surface area contributed by atoms with Crippen LogP contribution in [0.5, 0.6) is 0 Å². The number of rotatable bonds is 1. The minimum absolute atomic E-state index is 0.194. The molecule has 4 heterocycles. The van der Waals surface area contributed by atoms with Crippen LogP contribution >= 0.6 is 0 Å². The van der Waals surface area contributed by atoms with Gasteiger partial charge in [-0.3, -0.25) is 0 Å². The van der Waals surface area contributed by atoms with E-state index in [1.165, 1.54) is 0 Å². The van der Waals surface area contributed by atoms with Crippen molar-refractivity contribution in [3.05, 3.63) is 42.4 Å². The minimum atomic E-state index is -2.95. The summed E-state index contributed by atoms with van der Waals surface area (Å²) in [4.78, 5) is 4.29. The topological polar surface area (TPSA) is 51.4 Å². The number of hydrogen-bond acceptors (Lipinski definition) is 3. The zero-order valence-corrected chi connectivity index (χ0v) is 11.9. The average molecular weight is 288 g/mol. The smallest absolute Gasteiger partial charge is 0.159 e. The molecule has 0 spiro atoms. The van der Waals surface area contributed by atoms with Gasteiger partial charge >= 0.3 is 0 Å². The molecule has 2 aromatic heterocycles. The molecule has 2 atom stereocenters. The highest BCUT2D eigenvalue weighted by Gasteiger charge is 2.40. The Morgan fingerprint density at radius 3 is 3.00 bits per heavy atom. The summed E-state index contributed by atoms with van der Waals surface area (Å²) in [5, 5.41) is -0.483. The highest BCUT2D eigenvalue weighted by Crippen LogP contribution is 2.39. The molecule has 2 bridgehead atoms. The monoisotopic (exact) mass is 288 g/mol. The van der Waals surface area contributed by atoms with E-state index in [1.807, 2.05) is 34.9 Å². The van der Waals surface area contributed by atoms with Gasteiger partial charge in [0.2, 0.25) is 0 Å². The molecule has 0 aliphatic carbocycles. The molecular formula is C15H16N2O2S. The zero-order valence-electron chi connectivity index (χ0n) is 11.1. The van der Waals surface area contributed by atoms with E-state index in [-0.39, 0.29) is 10.5 Å². The third-order valence-corrected chi connectivity index (χ3v) is 7.04. The van der Waals surface area contributed by atoms with Crippen molar-refractivity contribution in [1.82, 2.24) is 9.38 Å². The molecule has 1 fully saturated rings. The Morgan fingerprint density at radius 2 is 2.15 bits per heavy atom. The molecule has 104 valence electrons. The molecule has 2 unspecified atom stereocenters. The van der Waals surface area contributed by atoms with E-state index in [2.05, 4.69) is 4.98 Å². The van der Waals surface area contributed by atoms with Gasteiger partial charge < -0.3 is 4.40 Å². The fourth-order valence-corrected chi connectivity index (χ4v) is 5.71. The zero-order chi connectivity index (χ0) is 13.7. The highest BCUT2D eigenvalue weighted by atomic mass is 32.2. The van der Waals surface area contributed by atoms with Gasteiger partial charge in [-0.05, 0) is 37.0 Å². The van der Waals surface area contributed by atoms with Crippen LogP contribution in [0.25, 0.3) is 11.2 Å². The van der Waals surface area contributed by atoms with E-state index >= 15 is 0 Å². The second-order valence-corrected chi connectivity index (χ2v) is 8.09. The third-order valence-electron chi connectivity index (χ3n) is 4.49. The number of fused-ring (bicyclic) bond motifs is 3. The van der Waals surface area contributed by atoms with E-state index in [9.17, 15) is 8.42 Å². The van der Waals surface area contributed by atoms with Gasteiger partial charge in [-0.25, -0.2) is 13.4 Å². The molecule has 4 nitrogen and oxygen atoms in total. The molecule has 0 saturated carbocycles. The number of imidazole rings is 1. The molecule has 4 rings (SSSR count). The van der Waals surface area contributed by atoms with Crippen LogP contribution in [-0.4, -0.2) is 28.3 Å². The molecule has 0 aromatic carbocycles. The van der Waals surface area contributed by atoms with Gasteiger partial charge in [0.05, 0.1) is 10.5 Å². The molecular weight excluding hydrogens is 272 g/mol. The van der Waals surface area contributed by atoms with Gasteiger partial charge in [-0.1, -0.05) is 18.6 Å². The molecule has 0 amide bonds. The summed E-state index contributed by atoms with van der Waals surface area (Å²) in [6.07, 6.45) is 8.91. The molecule has 20 heavy (non-hydrogen) atoms. The van der Waals surface area contributed by atoms with E-state index in [4.69, 9.17) is 0 Å². The number of aromatic nitrogens is 2. The van der Waals surface area contributed by atoms with Gasteiger partial charge in [-0.15, -0.1) is 0 Å². The summed E-state index contributed by atoms with van der Waals surface area (Å²) in [6, 6.07) is 6.00.